The number of halogens is 2. The highest BCUT2D eigenvalue weighted by molar-refractivity contribution is 9.10. The summed E-state index contributed by atoms with van der Waals surface area (Å²) in [4.78, 5) is 12.2. The fourth-order valence-corrected chi connectivity index (χ4v) is 4.38. The normalized spacial score (nSPS) is 10.9. The molecule has 0 bridgehead atoms. The van der Waals surface area contributed by atoms with E-state index in [0.29, 0.717) is 32.4 Å². The number of nitrogens with one attached hydrogen (secondary N) is 2. The molecule has 10 heteroatoms. The van der Waals surface area contributed by atoms with E-state index in [4.69, 9.17) is 21.1 Å². The average Bonchev–Trinajstić information content (AvgIpc) is 2.74. The standard InChI is InChI=1S/C21H18BrClN2O5S/c1-29-17-7-3-16(4-8-17)25-31(27,28)18-9-5-15(6-10-18)24-21(26)13-30-20-11-2-14(23)12-19(20)22/h2-12,25H,13H2,1H3,(H,24,26). The van der Waals surface area contributed by atoms with Crippen molar-refractivity contribution in [3.63, 3.8) is 0 Å². The van der Waals surface area contributed by atoms with Crippen LogP contribution in [0.1, 0.15) is 0 Å². The van der Waals surface area contributed by atoms with Crippen LogP contribution in [0.25, 0.3) is 0 Å². The number of anilines is 2. The van der Waals surface area contributed by atoms with Crippen LogP contribution in [0.4, 0.5) is 11.4 Å². The molecular formula is C21H18BrClN2O5S. The van der Waals surface area contributed by atoms with Crippen molar-refractivity contribution in [2.45, 2.75) is 4.90 Å². The Morgan fingerprint density at radius 1 is 1.00 bits per heavy atom. The first-order valence-electron chi connectivity index (χ1n) is 8.91. The van der Waals surface area contributed by atoms with Crippen LogP contribution in [-0.4, -0.2) is 28.0 Å². The van der Waals surface area contributed by atoms with Gasteiger partial charge in [0.1, 0.15) is 11.5 Å². The van der Waals surface area contributed by atoms with Gasteiger partial charge in [0.15, 0.2) is 6.61 Å². The monoisotopic (exact) mass is 524 g/mol. The van der Waals surface area contributed by atoms with E-state index >= 15 is 0 Å². The zero-order valence-electron chi connectivity index (χ0n) is 16.3. The molecule has 162 valence electrons. The van der Waals surface area contributed by atoms with Crippen molar-refractivity contribution in [3.05, 3.63) is 76.2 Å². The average molecular weight is 526 g/mol. The molecular weight excluding hydrogens is 508 g/mol. The predicted molar refractivity (Wildman–Crippen MR) is 124 cm³/mol. The number of methoxy groups -OCH3 is 1. The van der Waals surface area contributed by atoms with E-state index in [-0.39, 0.29) is 11.5 Å². The third-order valence-electron chi connectivity index (χ3n) is 4.04. The summed E-state index contributed by atoms with van der Waals surface area (Å²) in [5.74, 6) is 0.704. The molecule has 3 aromatic rings. The maximum absolute atomic E-state index is 12.5. The van der Waals surface area contributed by atoms with Crippen molar-refractivity contribution in [2.24, 2.45) is 0 Å². The van der Waals surface area contributed by atoms with Gasteiger partial charge in [-0.25, -0.2) is 8.42 Å². The van der Waals surface area contributed by atoms with E-state index in [1.807, 2.05) is 0 Å². The van der Waals surface area contributed by atoms with Gasteiger partial charge in [-0.3, -0.25) is 9.52 Å². The Morgan fingerprint density at radius 2 is 1.65 bits per heavy atom. The summed E-state index contributed by atoms with van der Waals surface area (Å²) in [5, 5.41) is 3.19. The van der Waals surface area contributed by atoms with Crippen molar-refractivity contribution in [2.75, 3.05) is 23.8 Å². The Labute approximate surface area is 193 Å². The molecule has 0 aliphatic heterocycles. The maximum atomic E-state index is 12.5. The highest BCUT2D eigenvalue weighted by Gasteiger charge is 2.15. The van der Waals surface area contributed by atoms with E-state index in [2.05, 4.69) is 26.0 Å². The largest absolute Gasteiger partial charge is 0.497 e. The van der Waals surface area contributed by atoms with Gasteiger partial charge < -0.3 is 14.8 Å². The molecule has 0 unspecified atom stereocenters. The lowest BCUT2D eigenvalue weighted by Gasteiger charge is -2.11. The van der Waals surface area contributed by atoms with Crippen molar-refractivity contribution in [1.29, 1.82) is 0 Å². The van der Waals surface area contributed by atoms with Crippen LogP contribution in [0, 0.1) is 0 Å². The fourth-order valence-electron chi connectivity index (χ4n) is 2.52. The van der Waals surface area contributed by atoms with Gasteiger partial charge in [0.05, 0.1) is 16.5 Å². The lowest BCUT2D eigenvalue weighted by molar-refractivity contribution is -0.118. The van der Waals surface area contributed by atoms with Crippen LogP contribution < -0.4 is 19.5 Å². The number of benzene rings is 3. The quantitative estimate of drug-likeness (QED) is 0.435. The van der Waals surface area contributed by atoms with Gasteiger partial charge in [0.25, 0.3) is 15.9 Å². The van der Waals surface area contributed by atoms with Gasteiger partial charge in [-0.05, 0) is 82.7 Å². The third kappa shape index (κ3) is 6.36. The third-order valence-corrected chi connectivity index (χ3v) is 6.30. The first kappa shape index (κ1) is 22.9. The van der Waals surface area contributed by atoms with Gasteiger partial charge in [-0.2, -0.15) is 0 Å². The molecule has 0 aliphatic carbocycles. The topological polar surface area (TPSA) is 93.7 Å². The van der Waals surface area contributed by atoms with E-state index in [0.717, 1.165) is 0 Å². The number of sulfonamides is 1. The van der Waals surface area contributed by atoms with Crippen LogP contribution in [0.15, 0.2) is 76.1 Å². The van der Waals surface area contributed by atoms with Gasteiger partial charge in [-0.1, -0.05) is 11.6 Å². The second-order valence-electron chi connectivity index (χ2n) is 6.27. The van der Waals surface area contributed by atoms with Gasteiger partial charge >= 0.3 is 0 Å². The van der Waals surface area contributed by atoms with Gasteiger partial charge in [-0.15, -0.1) is 0 Å². The molecule has 0 aromatic heterocycles. The second-order valence-corrected chi connectivity index (χ2v) is 9.24. The van der Waals surface area contributed by atoms with E-state index < -0.39 is 15.9 Å². The summed E-state index contributed by atoms with van der Waals surface area (Å²) < 4.78 is 38.7. The van der Waals surface area contributed by atoms with Gasteiger partial charge in [0, 0.05) is 16.4 Å². The summed E-state index contributed by atoms with van der Waals surface area (Å²) >= 11 is 9.18. The summed E-state index contributed by atoms with van der Waals surface area (Å²) in [5.41, 5.74) is 0.843. The number of carbonyl (C=O) groups is 1. The zero-order valence-corrected chi connectivity index (χ0v) is 19.4. The summed E-state index contributed by atoms with van der Waals surface area (Å²) in [6.45, 7) is -0.223. The van der Waals surface area contributed by atoms with E-state index in [1.165, 1.54) is 31.4 Å². The second kappa shape index (κ2) is 10.0. The molecule has 0 fully saturated rings. The van der Waals surface area contributed by atoms with Gasteiger partial charge in [0.2, 0.25) is 0 Å². The Balaban J connectivity index is 1.58. The van der Waals surface area contributed by atoms with Crippen molar-refractivity contribution in [3.8, 4) is 11.5 Å². The number of amides is 1. The van der Waals surface area contributed by atoms with Crippen LogP contribution in [0.3, 0.4) is 0 Å². The molecule has 1 amide bonds. The number of ether oxygens (including phenoxy) is 2. The molecule has 7 nitrogen and oxygen atoms in total. The number of carbonyl (C=O) groups excluding carboxylic acids is 1. The Morgan fingerprint density at radius 3 is 2.26 bits per heavy atom. The molecule has 0 aliphatic rings. The molecule has 0 atom stereocenters. The Hall–Kier alpha value is -2.75. The molecule has 0 saturated carbocycles. The van der Waals surface area contributed by atoms with E-state index in [9.17, 15) is 13.2 Å². The Kier molecular flexibility index (Phi) is 7.42. The predicted octanol–water partition coefficient (Wildman–Crippen LogP) is 4.93. The molecule has 2 N–H and O–H groups in total. The number of rotatable bonds is 8. The van der Waals surface area contributed by atoms with Crippen LogP contribution in [0.2, 0.25) is 5.02 Å². The lowest BCUT2D eigenvalue weighted by atomic mass is 10.3. The number of hydrogen-bond donors (Lipinski definition) is 2. The van der Waals surface area contributed by atoms with Crippen LogP contribution >= 0.6 is 27.5 Å². The van der Waals surface area contributed by atoms with Crippen LogP contribution in [0.5, 0.6) is 11.5 Å². The molecule has 31 heavy (non-hydrogen) atoms. The highest BCUT2D eigenvalue weighted by Crippen LogP contribution is 2.28. The number of hydrogen-bond acceptors (Lipinski definition) is 5. The highest BCUT2D eigenvalue weighted by atomic mass is 79.9. The summed E-state index contributed by atoms with van der Waals surface area (Å²) in [7, 11) is -2.25. The molecule has 3 rings (SSSR count). The molecule has 0 heterocycles. The van der Waals surface area contributed by atoms with Crippen LogP contribution in [-0.2, 0) is 14.8 Å². The Bertz CT molecular complexity index is 1170. The zero-order chi connectivity index (χ0) is 22.4. The first-order chi connectivity index (χ1) is 14.8. The molecule has 3 aromatic carbocycles. The molecule has 0 saturated heterocycles. The van der Waals surface area contributed by atoms with Crippen molar-refractivity contribution < 1.29 is 22.7 Å². The minimum absolute atomic E-state index is 0.0580. The lowest BCUT2D eigenvalue weighted by Crippen LogP contribution is -2.20. The smallest absolute Gasteiger partial charge is 0.262 e. The van der Waals surface area contributed by atoms with E-state index in [1.54, 1.807) is 42.5 Å². The maximum Gasteiger partial charge on any atom is 0.262 e. The fraction of sp³-hybridized carbons (Fsp3) is 0.0952. The molecule has 0 spiro atoms. The van der Waals surface area contributed by atoms with Crippen molar-refractivity contribution in [1.82, 2.24) is 0 Å². The molecule has 0 radical (unpaired) electrons. The minimum atomic E-state index is -3.78. The minimum Gasteiger partial charge on any atom is -0.497 e. The van der Waals surface area contributed by atoms with Crippen molar-refractivity contribution >= 4 is 54.8 Å². The SMILES string of the molecule is COc1ccc(NS(=O)(=O)c2ccc(NC(=O)COc3ccc(Cl)cc3Br)cc2)cc1. The first-order valence-corrected chi connectivity index (χ1v) is 11.6. The summed E-state index contributed by atoms with van der Waals surface area (Å²) in [6.07, 6.45) is 0. The summed E-state index contributed by atoms with van der Waals surface area (Å²) in [6, 6.07) is 17.3.